The molecule has 1 aromatic rings. The largest absolute Gasteiger partial charge is 0.490 e. The second kappa shape index (κ2) is 5.60. The molecule has 1 atom stereocenters. The van der Waals surface area contributed by atoms with Crippen molar-refractivity contribution in [2.24, 2.45) is 0 Å². The molecule has 1 aliphatic heterocycles. The van der Waals surface area contributed by atoms with Gasteiger partial charge in [-0.3, -0.25) is 4.79 Å². The topological polar surface area (TPSA) is 84.9 Å². The van der Waals surface area contributed by atoms with Crippen LogP contribution in [0.25, 0.3) is 0 Å². The molecule has 2 N–H and O–H groups in total. The number of nitrogens with one attached hydrogen (secondary N) is 1. The molecule has 0 aliphatic carbocycles. The quantitative estimate of drug-likeness (QED) is 0.855. The van der Waals surface area contributed by atoms with Gasteiger partial charge in [-0.25, -0.2) is 4.79 Å². The van der Waals surface area contributed by atoms with Crippen LogP contribution in [-0.4, -0.2) is 30.2 Å². The van der Waals surface area contributed by atoms with Crippen molar-refractivity contribution >= 4 is 11.9 Å². The van der Waals surface area contributed by atoms with Gasteiger partial charge in [-0.05, 0) is 17.7 Å². The third-order valence-electron chi connectivity index (χ3n) is 2.70. The van der Waals surface area contributed by atoms with Crippen LogP contribution in [0.2, 0.25) is 0 Å². The minimum atomic E-state index is -1.12. The van der Waals surface area contributed by atoms with Crippen LogP contribution in [0.1, 0.15) is 24.9 Å². The highest BCUT2D eigenvalue weighted by atomic mass is 16.5. The van der Waals surface area contributed by atoms with Gasteiger partial charge in [0.2, 0.25) is 5.91 Å². The molecule has 1 heterocycles. The molecule has 0 fully saturated rings. The van der Waals surface area contributed by atoms with Crippen LogP contribution in [0.4, 0.5) is 0 Å². The first kappa shape index (κ1) is 13.2. The highest BCUT2D eigenvalue weighted by Crippen LogP contribution is 2.32. The Hall–Kier alpha value is -2.24. The molecule has 0 spiro atoms. The summed E-state index contributed by atoms with van der Waals surface area (Å²) in [6.07, 6.45) is 0.776. The number of hydrogen-bond acceptors (Lipinski definition) is 4. The minimum Gasteiger partial charge on any atom is -0.490 e. The summed E-state index contributed by atoms with van der Waals surface area (Å²) in [5.41, 5.74) is 0.451. The maximum Gasteiger partial charge on any atom is 0.330 e. The molecular formula is C13H15NO5. The van der Waals surface area contributed by atoms with Crippen LogP contribution < -0.4 is 14.8 Å². The molecule has 0 radical (unpaired) electrons. The van der Waals surface area contributed by atoms with Crippen LogP contribution >= 0.6 is 0 Å². The van der Waals surface area contributed by atoms with E-state index in [0.717, 1.165) is 6.42 Å². The third-order valence-corrected chi connectivity index (χ3v) is 2.70. The monoisotopic (exact) mass is 265 g/mol. The summed E-state index contributed by atoms with van der Waals surface area (Å²) in [6.45, 7) is 2.37. The number of carbonyl (C=O) groups is 2. The van der Waals surface area contributed by atoms with Crippen molar-refractivity contribution in [1.29, 1.82) is 0 Å². The molecular weight excluding hydrogens is 250 g/mol. The molecule has 1 amide bonds. The molecule has 1 unspecified atom stereocenters. The summed E-state index contributed by atoms with van der Waals surface area (Å²) >= 11 is 0. The second-order valence-electron chi connectivity index (χ2n) is 4.23. The van der Waals surface area contributed by atoms with E-state index in [-0.39, 0.29) is 0 Å². The van der Waals surface area contributed by atoms with Crippen molar-refractivity contribution in [3.8, 4) is 11.5 Å². The smallest absolute Gasteiger partial charge is 0.330 e. The molecule has 6 heteroatoms. The van der Waals surface area contributed by atoms with Crippen molar-refractivity contribution < 1.29 is 24.2 Å². The van der Waals surface area contributed by atoms with Gasteiger partial charge < -0.3 is 19.9 Å². The molecule has 1 aromatic carbocycles. The number of carboxylic acid groups (broad SMARTS) is 1. The van der Waals surface area contributed by atoms with E-state index in [0.29, 0.717) is 30.3 Å². The van der Waals surface area contributed by atoms with E-state index in [1.165, 1.54) is 6.92 Å². The van der Waals surface area contributed by atoms with Gasteiger partial charge in [-0.1, -0.05) is 6.07 Å². The zero-order valence-corrected chi connectivity index (χ0v) is 10.5. The van der Waals surface area contributed by atoms with E-state index in [9.17, 15) is 9.59 Å². The van der Waals surface area contributed by atoms with E-state index >= 15 is 0 Å². The normalized spacial score (nSPS) is 15.2. The lowest BCUT2D eigenvalue weighted by Crippen LogP contribution is -2.31. The Morgan fingerprint density at radius 1 is 1.26 bits per heavy atom. The SMILES string of the molecule is CC(=O)NC(C(=O)O)c1ccc2c(c1)OCCCO2. The predicted octanol–water partition coefficient (Wildman–Crippen LogP) is 1.11. The Kier molecular flexibility index (Phi) is 3.89. The zero-order chi connectivity index (χ0) is 13.8. The van der Waals surface area contributed by atoms with E-state index in [4.69, 9.17) is 14.6 Å². The lowest BCUT2D eigenvalue weighted by atomic mass is 10.1. The Morgan fingerprint density at radius 2 is 1.95 bits per heavy atom. The Bertz CT molecular complexity index is 500. The number of carboxylic acids is 1. The Labute approximate surface area is 110 Å². The van der Waals surface area contributed by atoms with Crippen LogP contribution in [-0.2, 0) is 9.59 Å². The molecule has 2 rings (SSSR count). The predicted molar refractivity (Wildman–Crippen MR) is 66.2 cm³/mol. The van der Waals surface area contributed by atoms with Gasteiger partial charge in [-0.2, -0.15) is 0 Å². The third kappa shape index (κ3) is 3.15. The summed E-state index contributed by atoms with van der Waals surface area (Å²) in [7, 11) is 0. The summed E-state index contributed by atoms with van der Waals surface area (Å²) in [6, 6.07) is 3.78. The van der Waals surface area contributed by atoms with Gasteiger partial charge in [0.25, 0.3) is 0 Å². The lowest BCUT2D eigenvalue weighted by molar-refractivity contribution is -0.141. The number of carbonyl (C=O) groups excluding carboxylic acids is 1. The molecule has 1 aliphatic rings. The number of ether oxygens (including phenoxy) is 2. The number of amides is 1. The number of benzene rings is 1. The zero-order valence-electron chi connectivity index (χ0n) is 10.5. The van der Waals surface area contributed by atoms with E-state index in [2.05, 4.69) is 5.32 Å². The second-order valence-corrected chi connectivity index (χ2v) is 4.23. The molecule has 102 valence electrons. The maximum absolute atomic E-state index is 11.2. The Balaban J connectivity index is 2.30. The fraction of sp³-hybridized carbons (Fsp3) is 0.385. The molecule has 6 nitrogen and oxygen atoms in total. The van der Waals surface area contributed by atoms with Crippen LogP contribution in [0.5, 0.6) is 11.5 Å². The van der Waals surface area contributed by atoms with Crippen molar-refractivity contribution in [2.75, 3.05) is 13.2 Å². The first-order valence-corrected chi connectivity index (χ1v) is 5.97. The van der Waals surface area contributed by atoms with Crippen molar-refractivity contribution in [1.82, 2.24) is 5.32 Å². The molecule has 19 heavy (non-hydrogen) atoms. The van der Waals surface area contributed by atoms with Gasteiger partial charge in [0.05, 0.1) is 13.2 Å². The number of rotatable bonds is 3. The first-order valence-electron chi connectivity index (χ1n) is 5.97. The van der Waals surface area contributed by atoms with Gasteiger partial charge in [0.1, 0.15) is 0 Å². The molecule has 0 saturated heterocycles. The summed E-state index contributed by atoms with van der Waals surface area (Å²) < 4.78 is 11.0. The van der Waals surface area contributed by atoms with Crippen LogP contribution in [0, 0.1) is 0 Å². The van der Waals surface area contributed by atoms with E-state index in [1.807, 2.05) is 0 Å². The van der Waals surface area contributed by atoms with Gasteiger partial charge in [-0.15, -0.1) is 0 Å². The average Bonchev–Trinajstić information content (AvgIpc) is 2.59. The van der Waals surface area contributed by atoms with Crippen molar-refractivity contribution in [3.63, 3.8) is 0 Å². The van der Waals surface area contributed by atoms with Gasteiger partial charge >= 0.3 is 5.97 Å². The standard InChI is InChI=1S/C13H15NO5/c1-8(15)14-12(13(16)17)9-3-4-10-11(7-9)19-6-2-5-18-10/h3-4,7,12H,2,5-6H2,1H3,(H,14,15)(H,16,17). The fourth-order valence-corrected chi connectivity index (χ4v) is 1.85. The fourth-order valence-electron chi connectivity index (χ4n) is 1.85. The number of aliphatic carboxylic acids is 1. The van der Waals surface area contributed by atoms with Crippen LogP contribution in [0.3, 0.4) is 0 Å². The molecule has 0 saturated carbocycles. The Morgan fingerprint density at radius 3 is 2.58 bits per heavy atom. The lowest BCUT2D eigenvalue weighted by Gasteiger charge is -2.15. The summed E-state index contributed by atoms with van der Waals surface area (Å²) in [4.78, 5) is 22.2. The first-order chi connectivity index (χ1) is 9.08. The maximum atomic E-state index is 11.2. The van der Waals surface area contributed by atoms with E-state index in [1.54, 1.807) is 18.2 Å². The van der Waals surface area contributed by atoms with E-state index < -0.39 is 17.9 Å². The van der Waals surface area contributed by atoms with Crippen molar-refractivity contribution in [2.45, 2.75) is 19.4 Å². The number of hydrogen-bond donors (Lipinski definition) is 2. The molecule has 0 aromatic heterocycles. The van der Waals surface area contributed by atoms with Gasteiger partial charge in [0.15, 0.2) is 17.5 Å². The summed E-state index contributed by atoms with van der Waals surface area (Å²) in [5, 5.41) is 11.5. The molecule has 0 bridgehead atoms. The van der Waals surface area contributed by atoms with Gasteiger partial charge in [0, 0.05) is 13.3 Å². The average molecular weight is 265 g/mol. The van der Waals surface area contributed by atoms with Crippen LogP contribution in [0.15, 0.2) is 18.2 Å². The highest BCUT2D eigenvalue weighted by molar-refractivity contribution is 5.83. The number of fused-ring (bicyclic) bond motifs is 1. The summed E-state index contributed by atoms with van der Waals surface area (Å²) in [5.74, 6) is -0.427. The van der Waals surface area contributed by atoms with Crippen molar-refractivity contribution in [3.05, 3.63) is 23.8 Å². The highest BCUT2D eigenvalue weighted by Gasteiger charge is 2.22. The minimum absolute atomic E-state index is 0.403.